The van der Waals surface area contributed by atoms with Gasteiger partial charge in [-0.3, -0.25) is 9.48 Å². The number of aromatic nitrogens is 4. The van der Waals surface area contributed by atoms with Crippen LogP contribution in [0.4, 0.5) is 8.78 Å². The van der Waals surface area contributed by atoms with Crippen molar-refractivity contribution < 1.29 is 13.6 Å². The molecule has 2 aromatic heterocycles. The van der Waals surface area contributed by atoms with Crippen molar-refractivity contribution >= 4 is 5.91 Å². The van der Waals surface area contributed by atoms with Gasteiger partial charge in [0.25, 0.3) is 6.43 Å². The van der Waals surface area contributed by atoms with Crippen LogP contribution in [0.15, 0.2) is 72.9 Å². The van der Waals surface area contributed by atoms with Crippen molar-refractivity contribution in [2.45, 2.75) is 38.3 Å². The number of rotatable bonds is 8. The molecule has 1 saturated carbocycles. The van der Waals surface area contributed by atoms with E-state index in [2.05, 4.69) is 10.4 Å². The highest BCUT2D eigenvalue weighted by Crippen LogP contribution is 2.40. The molecule has 2 heterocycles. The molecular formula is C25H23F2N5O. The third kappa shape index (κ3) is 4.69. The van der Waals surface area contributed by atoms with Gasteiger partial charge in [-0.2, -0.15) is 10.2 Å². The lowest BCUT2D eigenvalue weighted by Crippen LogP contribution is -2.28. The van der Waals surface area contributed by atoms with Gasteiger partial charge in [-0.15, -0.1) is 0 Å². The summed E-state index contributed by atoms with van der Waals surface area (Å²) in [6.45, 7) is -0.0312. The fraction of sp³-hybridized carbons (Fsp3) is 0.240. The topological polar surface area (TPSA) is 64.7 Å². The Bertz CT molecular complexity index is 1250. The predicted molar refractivity (Wildman–Crippen MR) is 120 cm³/mol. The van der Waals surface area contributed by atoms with Gasteiger partial charge < -0.3 is 5.32 Å². The lowest BCUT2D eigenvalue weighted by Gasteiger charge is -2.08. The van der Waals surface area contributed by atoms with E-state index in [1.165, 1.54) is 6.07 Å². The first kappa shape index (κ1) is 21.1. The van der Waals surface area contributed by atoms with Crippen LogP contribution in [0.1, 0.15) is 42.1 Å². The highest BCUT2D eigenvalue weighted by atomic mass is 19.3. The Morgan fingerprint density at radius 2 is 1.73 bits per heavy atom. The van der Waals surface area contributed by atoms with Gasteiger partial charge in [0, 0.05) is 29.8 Å². The van der Waals surface area contributed by atoms with E-state index in [1.807, 2.05) is 66.9 Å². The van der Waals surface area contributed by atoms with Crippen LogP contribution in [0.25, 0.3) is 16.9 Å². The zero-order chi connectivity index (χ0) is 22.8. The summed E-state index contributed by atoms with van der Waals surface area (Å²) < 4.78 is 29.8. The van der Waals surface area contributed by atoms with Crippen LogP contribution in [0.3, 0.4) is 0 Å². The van der Waals surface area contributed by atoms with E-state index in [4.69, 9.17) is 5.10 Å². The minimum absolute atomic E-state index is 0.214. The van der Waals surface area contributed by atoms with Gasteiger partial charge in [-0.25, -0.2) is 13.5 Å². The maximum absolute atomic E-state index is 13.4. The SMILES string of the molecule is O=C(Cn1nc(C2CC2)cc1C(F)F)NCc1cn(-c2ccccc2)nc1-c1ccccc1. The number of carbonyl (C=O) groups excluding carboxylic acids is 1. The standard InChI is InChI=1S/C25H23F2N5O/c26-25(27)22-13-21(17-11-12-17)29-32(22)16-23(33)28-14-19-15-31(20-9-5-2-6-10-20)30-24(19)18-7-3-1-4-8-18/h1-10,13,15,17,25H,11-12,14,16H2,(H,28,33). The molecule has 0 bridgehead atoms. The maximum Gasteiger partial charge on any atom is 0.280 e. The quantitative estimate of drug-likeness (QED) is 0.419. The molecule has 0 saturated heterocycles. The minimum Gasteiger partial charge on any atom is -0.350 e. The molecule has 0 aliphatic heterocycles. The van der Waals surface area contributed by atoms with E-state index in [0.29, 0.717) is 5.69 Å². The van der Waals surface area contributed by atoms with Crippen LogP contribution in [0.2, 0.25) is 0 Å². The molecule has 1 aliphatic carbocycles. The molecule has 0 unspecified atom stereocenters. The first-order valence-electron chi connectivity index (χ1n) is 10.9. The molecule has 8 heteroatoms. The summed E-state index contributed by atoms with van der Waals surface area (Å²) in [7, 11) is 0. The third-order valence-electron chi connectivity index (χ3n) is 5.68. The molecule has 0 radical (unpaired) electrons. The van der Waals surface area contributed by atoms with E-state index in [-0.39, 0.29) is 30.6 Å². The van der Waals surface area contributed by atoms with Crippen molar-refractivity contribution in [3.8, 4) is 16.9 Å². The smallest absolute Gasteiger partial charge is 0.280 e. The van der Waals surface area contributed by atoms with E-state index >= 15 is 0 Å². The van der Waals surface area contributed by atoms with Crippen molar-refractivity contribution in [2.24, 2.45) is 0 Å². The average Bonchev–Trinajstić information content (AvgIpc) is 3.46. The number of hydrogen-bond donors (Lipinski definition) is 1. The Kier molecular flexibility index (Phi) is 5.73. The molecule has 2 aromatic carbocycles. The number of para-hydroxylation sites is 1. The fourth-order valence-corrected chi connectivity index (χ4v) is 3.81. The molecule has 1 amide bonds. The van der Waals surface area contributed by atoms with Gasteiger partial charge in [0.1, 0.15) is 12.2 Å². The molecule has 5 rings (SSSR count). The molecule has 1 fully saturated rings. The van der Waals surface area contributed by atoms with E-state index in [1.54, 1.807) is 4.68 Å². The normalized spacial score (nSPS) is 13.4. The molecule has 1 N–H and O–H groups in total. The number of nitrogens with zero attached hydrogens (tertiary/aromatic N) is 4. The Labute approximate surface area is 189 Å². The largest absolute Gasteiger partial charge is 0.350 e. The lowest BCUT2D eigenvalue weighted by atomic mass is 10.1. The second-order valence-electron chi connectivity index (χ2n) is 8.15. The summed E-state index contributed by atoms with van der Waals surface area (Å²) in [5.41, 5.74) is 3.84. The maximum atomic E-state index is 13.4. The summed E-state index contributed by atoms with van der Waals surface area (Å²) in [6, 6.07) is 20.8. The Morgan fingerprint density at radius 1 is 1.03 bits per heavy atom. The van der Waals surface area contributed by atoms with Crippen LogP contribution >= 0.6 is 0 Å². The van der Waals surface area contributed by atoms with Gasteiger partial charge >= 0.3 is 0 Å². The Balaban J connectivity index is 1.35. The number of amides is 1. The number of alkyl halides is 2. The van der Waals surface area contributed by atoms with Crippen molar-refractivity contribution in [1.82, 2.24) is 24.9 Å². The van der Waals surface area contributed by atoms with Crippen molar-refractivity contribution in [2.75, 3.05) is 0 Å². The summed E-state index contributed by atoms with van der Waals surface area (Å²) >= 11 is 0. The van der Waals surface area contributed by atoms with Crippen LogP contribution in [0, 0.1) is 0 Å². The van der Waals surface area contributed by atoms with Crippen molar-refractivity contribution in [3.63, 3.8) is 0 Å². The van der Waals surface area contributed by atoms with E-state index in [9.17, 15) is 13.6 Å². The Hall–Kier alpha value is -3.81. The Morgan fingerprint density at radius 3 is 2.39 bits per heavy atom. The van der Waals surface area contributed by atoms with E-state index in [0.717, 1.165) is 40.0 Å². The van der Waals surface area contributed by atoms with Gasteiger partial charge in [0.15, 0.2) is 0 Å². The first-order valence-corrected chi connectivity index (χ1v) is 10.9. The summed E-state index contributed by atoms with van der Waals surface area (Å²) in [5, 5.41) is 11.8. The zero-order valence-electron chi connectivity index (χ0n) is 17.9. The molecular weight excluding hydrogens is 424 g/mol. The molecule has 168 valence electrons. The van der Waals surface area contributed by atoms with Gasteiger partial charge in [-0.1, -0.05) is 48.5 Å². The highest BCUT2D eigenvalue weighted by Gasteiger charge is 2.29. The lowest BCUT2D eigenvalue weighted by molar-refractivity contribution is -0.122. The van der Waals surface area contributed by atoms with E-state index < -0.39 is 6.43 Å². The molecule has 0 atom stereocenters. The zero-order valence-corrected chi connectivity index (χ0v) is 17.9. The van der Waals surface area contributed by atoms with Crippen LogP contribution in [0.5, 0.6) is 0 Å². The highest BCUT2D eigenvalue weighted by molar-refractivity contribution is 5.76. The van der Waals surface area contributed by atoms with Gasteiger partial charge in [0.2, 0.25) is 5.91 Å². The molecule has 4 aromatic rings. The second kappa shape index (κ2) is 8.97. The first-order chi connectivity index (χ1) is 16.1. The third-order valence-corrected chi connectivity index (χ3v) is 5.68. The number of nitrogens with one attached hydrogen (secondary N) is 1. The van der Waals surface area contributed by atoms with Crippen molar-refractivity contribution in [3.05, 3.63) is 89.9 Å². The monoisotopic (exact) mass is 447 g/mol. The molecule has 0 spiro atoms. The fourth-order valence-electron chi connectivity index (χ4n) is 3.81. The minimum atomic E-state index is -2.67. The summed E-state index contributed by atoms with van der Waals surface area (Å²) in [4.78, 5) is 12.6. The molecule has 6 nitrogen and oxygen atoms in total. The summed E-state index contributed by atoms with van der Waals surface area (Å²) in [6.07, 6.45) is 1.12. The second-order valence-corrected chi connectivity index (χ2v) is 8.15. The number of benzene rings is 2. The number of hydrogen-bond acceptors (Lipinski definition) is 3. The molecule has 1 aliphatic rings. The van der Waals surface area contributed by atoms with Crippen LogP contribution < -0.4 is 5.32 Å². The van der Waals surface area contributed by atoms with Gasteiger partial charge in [-0.05, 0) is 31.0 Å². The predicted octanol–water partition coefficient (Wildman–Crippen LogP) is 4.87. The molecule has 33 heavy (non-hydrogen) atoms. The van der Waals surface area contributed by atoms with Gasteiger partial charge in [0.05, 0.1) is 17.1 Å². The van der Waals surface area contributed by atoms with Crippen LogP contribution in [-0.4, -0.2) is 25.5 Å². The van der Waals surface area contributed by atoms with Crippen molar-refractivity contribution in [1.29, 1.82) is 0 Å². The van der Waals surface area contributed by atoms with Crippen LogP contribution in [-0.2, 0) is 17.9 Å². The average molecular weight is 447 g/mol. The number of halogens is 2. The number of carbonyl (C=O) groups is 1. The summed E-state index contributed by atoms with van der Waals surface area (Å²) in [5.74, 6) is -0.141.